The van der Waals surface area contributed by atoms with Gasteiger partial charge in [0, 0.05) is 30.5 Å². The van der Waals surface area contributed by atoms with Gasteiger partial charge in [-0.05, 0) is 25.0 Å². The molecule has 27 heavy (non-hydrogen) atoms. The molecule has 9 heteroatoms. The first kappa shape index (κ1) is 17.6. The molecular weight excluding hydrogens is 366 g/mol. The minimum absolute atomic E-state index is 0.0625. The first-order chi connectivity index (χ1) is 13.1. The van der Waals surface area contributed by atoms with Crippen LogP contribution in [-0.2, 0) is 16.6 Å². The van der Waals surface area contributed by atoms with E-state index in [9.17, 15) is 13.2 Å². The normalized spacial score (nSPS) is 14.4. The minimum atomic E-state index is -3.67. The lowest BCUT2D eigenvalue weighted by Gasteiger charge is -2.05. The molecule has 8 nitrogen and oxygen atoms in total. The van der Waals surface area contributed by atoms with E-state index in [1.165, 1.54) is 23.1 Å². The average Bonchev–Trinajstić information content (AvgIpc) is 3.47. The van der Waals surface area contributed by atoms with E-state index < -0.39 is 10.0 Å². The second kappa shape index (κ2) is 7.09. The van der Waals surface area contributed by atoms with Crippen molar-refractivity contribution in [1.82, 2.24) is 24.1 Å². The van der Waals surface area contributed by atoms with Gasteiger partial charge in [-0.2, -0.15) is 0 Å². The summed E-state index contributed by atoms with van der Waals surface area (Å²) in [7, 11) is -3.67. The highest BCUT2D eigenvalue weighted by Crippen LogP contribution is 2.36. The summed E-state index contributed by atoms with van der Waals surface area (Å²) in [4.78, 5) is 16.7. The zero-order chi connectivity index (χ0) is 18.9. The molecule has 2 aromatic heterocycles. The molecule has 1 N–H and O–H groups in total. The van der Waals surface area contributed by atoms with Crippen molar-refractivity contribution in [2.75, 3.05) is 6.54 Å². The maximum absolute atomic E-state index is 12.7. The van der Waals surface area contributed by atoms with Crippen molar-refractivity contribution < 1.29 is 8.42 Å². The summed E-state index contributed by atoms with van der Waals surface area (Å²) in [5.41, 5.74) is 0.660. The summed E-state index contributed by atoms with van der Waals surface area (Å²) < 4.78 is 30.0. The topological polar surface area (TPSA) is 98.9 Å². The fraction of sp³-hybridized carbons (Fsp3) is 0.278. The van der Waals surface area contributed by atoms with Gasteiger partial charge in [0.1, 0.15) is 4.90 Å². The van der Waals surface area contributed by atoms with Crippen LogP contribution in [0.25, 0.3) is 11.4 Å². The first-order valence-electron chi connectivity index (χ1n) is 8.71. The lowest BCUT2D eigenvalue weighted by atomic mass is 10.2. The van der Waals surface area contributed by atoms with Crippen LogP contribution in [0.1, 0.15) is 18.9 Å². The molecule has 1 aromatic carbocycles. The second-order valence-electron chi connectivity index (χ2n) is 6.38. The Morgan fingerprint density at radius 3 is 2.56 bits per heavy atom. The van der Waals surface area contributed by atoms with Crippen molar-refractivity contribution in [3.63, 3.8) is 0 Å². The molecule has 0 spiro atoms. The van der Waals surface area contributed by atoms with E-state index >= 15 is 0 Å². The van der Waals surface area contributed by atoms with Crippen LogP contribution in [0.5, 0.6) is 0 Å². The number of hydrogen-bond acceptors (Lipinski definition) is 5. The highest BCUT2D eigenvalue weighted by molar-refractivity contribution is 7.89. The van der Waals surface area contributed by atoms with Gasteiger partial charge in [-0.1, -0.05) is 30.3 Å². The molecule has 0 radical (unpaired) electrons. The van der Waals surface area contributed by atoms with Gasteiger partial charge in [-0.15, -0.1) is 5.10 Å². The van der Waals surface area contributed by atoms with Gasteiger partial charge in [0.15, 0.2) is 5.82 Å². The Morgan fingerprint density at radius 1 is 1.11 bits per heavy atom. The first-order valence-corrected chi connectivity index (χ1v) is 10.2. The van der Waals surface area contributed by atoms with Crippen LogP contribution in [0.2, 0.25) is 0 Å². The largest absolute Gasteiger partial charge is 0.346 e. The summed E-state index contributed by atoms with van der Waals surface area (Å²) in [5.74, 6) is 0.623. The number of nitrogens with one attached hydrogen (secondary N) is 1. The molecule has 0 bridgehead atoms. The van der Waals surface area contributed by atoms with Crippen molar-refractivity contribution in [3.05, 3.63) is 65.3 Å². The van der Waals surface area contributed by atoms with Crippen LogP contribution in [0.15, 0.2) is 64.5 Å². The summed E-state index contributed by atoms with van der Waals surface area (Å²) in [6, 6.07) is 12.7. The molecule has 0 aliphatic heterocycles. The third kappa shape index (κ3) is 3.69. The lowest BCUT2D eigenvalue weighted by Crippen LogP contribution is -2.32. The molecule has 0 atom stereocenters. The van der Waals surface area contributed by atoms with Crippen LogP contribution in [0, 0.1) is 0 Å². The Labute approximate surface area is 156 Å². The van der Waals surface area contributed by atoms with E-state index in [-0.39, 0.29) is 29.7 Å². The highest BCUT2D eigenvalue weighted by atomic mass is 32.2. The number of sulfonamides is 1. The lowest BCUT2D eigenvalue weighted by molar-refractivity contribution is 0.547. The number of aromatic nitrogens is 4. The molecule has 1 saturated carbocycles. The average molecular weight is 385 g/mol. The Hall–Kier alpha value is -2.78. The Kier molecular flexibility index (Phi) is 4.63. The van der Waals surface area contributed by atoms with Crippen LogP contribution in [0.3, 0.4) is 0 Å². The van der Waals surface area contributed by atoms with Crippen molar-refractivity contribution in [1.29, 1.82) is 0 Å². The third-order valence-corrected chi connectivity index (χ3v) is 5.82. The van der Waals surface area contributed by atoms with E-state index in [4.69, 9.17) is 0 Å². The van der Waals surface area contributed by atoms with Gasteiger partial charge >= 0.3 is 5.69 Å². The quantitative estimate of drug-likeness (QED) is 0.663. The molecule has 0 saturated heterocycles. The van der Waals surface area contributed by atoms with Crippen molar-refractivity contribution >= 4 is 10.0 Å². The van der Waals surface area contributed by atoms with Crippen LogP contribution in [-0.4, -0.2) is 34.3 Å². The Bertz CT molecular complexity index is 1090. The van der Waals surface area contributed by atoms with Crippen molar-refractivity contribution in [2.45, 2.75) is 30.3 Å². The third-order valence-electron chi connectivity index (χ3n) is 4.37. The van der Waals surface area contributed by atoms with E-state index in [2.05, 4.69) is 14.8 Å². The molecule has 1 aliphatic carbocycles. The zero-order valence-corrected chi connectivity index (χ0v) is 15.3. The van der Waals surface area contributed by atoms with Crippen LogP contribution >= 0.6 is 0 Å². The smallest absolute Gasteiger partial charge is 0.272 e. The Balaban J connectivity index is 1.54. The summed E-state index contributed by atoms with van der Waals surface area (Å²) in [6.07, 6.45) is 4.70. The molecule has 4 rings (SSSR count). The van der Waals surface area contributed by atoms with Crippen molar-refractivity contribution in [3.8, 4) is 11.4 Å². The highest BCUT2D eigenvalue weighted by Gasteiger charge is 2.30. The second-order valence-corrected chi connectivity index (χ2v) is 8.15. The SMILES string of the molecule is O=c1n(CCNS(=O)(=O)c2cccnc2)nc(-c2ccccc2)n1C1CC1. The van der Waals surface area contributed by atoms with Gasteiger partial charge in [-0.25, -0.2) is 22.6 Å². The maximum Gasteiger partial charge on any atom is 0.346 e. The number of nitrogens with zero attached hydrogens (tertiary/aromatic N) is 4. The summed E-state index contributed by atoms with van der Waals surface area (Å²) in [5, 5.41) is 4.45. The molecule has 0 amide bonds. The Morgan fingerprint density at radius 2 is 1.89 bits per heavy atom. The summed E-state index contributed by atoms with van der Waals surface area (Å²) in [6.45, 7) is 0.213. The van der Waals surface area contributed by atoms with Gasteiger partial charge in [-0.3, -0.25) is 9.55 Å². The maximum atomic E-state index is 12.7. The van der Waals surface area contributed by atoms with E-state index in [0.29, 0.717) is 5.82 Å². The molecule has 1 fully saturated rings. The van der Waals surface area contributed by atoms with Crippen molar-refractivity contribution in [2.24, 2.45) is 0 Å². The number of hydrogen-bond donors (Lipinski definition) is 1. The molecule has 2 heterocycles. The standard InChI is InChI=1S/C18H19N5O3S/c24-18-22(12-11-20-27(25,26)16-7-4-10-19-13-16)21-17(23(18)15-8-9-15)14-5-2-1-3-6-14/h1-7,10,13,15,20H,8-9,11-12H2. The molecular formula is C18H19N5O3S. The molecule has 140 valence electrons. The minimum Gasteiger partial charge on any atom is -0.272 e. The molecule has 3 aromatic rings. The number of benzene rings is 1. The van der Waals surface area contributed by atoms with Gasteiger partial charge in [0.25, 0.3) is 0 Å². The van der Waals surface area contributed by atoms with Gasteiger partial charge in [0.05, 0.1) is 6.54 Å². The van der Waals surface area contributed by atoms with Gasteiger partial charge < -0.3 is 0 Å². The number of rotatable bonds is 7. The monoisotopic (exact) mass is 385 g/mol. The summed E-state index contributed by atoms with van der Waals surface area (Å²) >= 11 is 0. The fourth-order valence-electron chi connectivity index (χ4n) is 2.89. The van der Waals surface area contributed by atoms with Gasteiger partial charge in [0.2, 0.25) is 10.0 Å². The van der Waals surface area contributed by atoms with Crippen LogP contribution < -0.4 is 10.4 Å². The van der Waals surface area contributed by atoms with E-state index in [1.807, 2.05) is 30.3 Å². The number of pyridine rings is 1. The van der Waals surface area contributed by atoms with E-state index in [0.717, 1.165) is 18.4 Å². The van der Waals surface area contributed by atoms with E-state index in [1.54, 1.807) is 10.6 Å². The molecule has 0 unspecified atom stereocenters. The molecule has 1 aliphatic rings. The van der Waals surface area contributed by atoms with Crippen LogP contribution in [0.4, 0.5) is 0 Å². The predicted octanol–water partition coefficient (Wildman–Crippen LogP) is 1.42. The predicted molar refractivity (Wildman–Crippen MR) is 99.6 cm³/mol. The fourth-order valence-corrected chi connectivity index (χ4v) is 3.87. The zero-order valence-electron chi connectivity index (χ0n) is 14.5.